The Bertz CT molecular complexity index is 1160. The number of benzene rings is 1. The second-order valence-corrected chi connectivity index (χ2v) is 7.50. The van der Waals surface area contributed by atoms with Gasteiger partial charge in [-0.25, -0.2) is 9.97 Å². The fraction of sp³-hybridized carbons (Fsp3) is 0.333. The third kappa shape index (κ3) is 3.59. The van der Waals surface area contributed by atoms with Crippen molar-refractivity contribution in [3.63, 3.8) is 0 Å². The maximum atomic E-state index is 4.78. The normalized spacial score (nSPS) is 15.1. The largest absolute Gasteiger partial charge is 0.338 e. The Labute approximate surface area is 174 Å². The predicted octanol–water partition coefficient (Wildman–Crippen LogP) is 1.92. The van der Waals surface area contributed by atoms with Gasteiger partial charge in [-0.05, 0) is 25.5 Å². The minimum absolute atomic E-state index is 0.498. The summed E-state index contributed by atoms with van der Waals surface area (Å²) < 4.78 is 1.71. The van der Waals surface area contributed by atoms with Crippen molar-refractivity contribution in [2.75, 3.05) is 31.1 Å². The van der Waals surface area contributed by atoms with Gasteiger partial charge in [0.25, 0.3) is 5.78 Å². The van der Waals surface area contributed by atoms with E-state index in [-0.39, 0.29) is 0 Å². The van der Waals surface area contributed by atoms with E-state index in [9.17, 15) is 0 Å². The molecule has 0 radical (unpaired) electrons. The van der Waals surface area contributed by atoms with Crippen LogP contribution in [-0.4, -0.2) is 65.8 Å². The average molecular weight is 401 g/mol. The fourth-order valence-corrected chi connectivity index (χ4v) is 3.78. The number of nitrogens with zero attached hydrogens (tertiary/aromatic N) is 9. The summed E-state index contributed by atoms with van der Waals surface area (Å²) in [6.45, 7) is 8.51. The topological polar surface area (TPSA) is 88.2 Å². The van der Waals surface area contributed by atoms with Crippen molar-refractivity contribution in [1.29, 1.82) is 0 Å². The Balaban J connectivity index is 1.33. The smallest absolute Gasteiger partial charge is 0.272 e. The van der Waals surface area contributed by atoms with Gasteiger partial charge < -0.3 is 4.90 Å². The zero-order valence-electron chi connectivity index (χ0n) is 17.1. The van der Waals surface area contributed by atoms with Gasteiger partial charge >= 0.3 is 0 Å². The molecule has 4 heterocycles. The molecule has 0 bridgehead atoms. The van der Waals surface area contributed by atoms with E-state index in [2.05, 4.69) is 65.4 Å². The lowest BCUT2D eigenvalue weighted by Gasteiger charge is -2.34. The van der Waals surface area contributed by atoms with Crippen LogP contribution < -0.4 is 4.90 Å². The molecule has 5 rings (SSSR count). The molecule has 0 unspecified atom stereocenters. The zero-order chi connectivity index (χ0) is 20.5. The van der Waals surface area contributed by atoms with E-state index in [1.807, 2.05) is 19.9 Å². The van der Waals surface area contributed by atoms with Crippen LogP contribution in [-0.2, 0) is 6.54 Å². The lowest BCUT2D eigenvalue weighted by molar-refractivity contribution is 0.248. The Morgan fingerprint density at radius 3 is 2.50 bits per heavy atom. The molecule has 9 nitrogen and oxygen atoms in total. The summed E-state index contributed by atoms with van der Waals surface area (Å²) in [5, 5.41) is 12.9. The summed E-state index contributed by atoms with van der Waals surface area (Å²) in [5.74, 6) is 1.89. The Kier molecular flexibility index (Phi) is 4.80. The molecule has 4 aromatic rings. The molecule has 0 spiro atoms. The van der Waals surface area contributed by atoms with Crippen LogP contribution in [0, 0.1) is 13.8 Å². The monoisotopic (exact) mass is 401 g/mol. The van der Waals surface area contributed by atoms with Gasteiger partial charge in [0, 0.05) is 38.9 Å². The maximum Gasteiger partial charge on any atom is 0.272 e. The first kappa shape index (κ1) is 18.6. The molecule has 1 aliphatic rings. The van der Waals surface area contributed by atoms with Gasteiger partial charge in [0.1, 0.15) is 11.5 Å². The lowest BCUT2D eigenvalue weighted by atomic mass is 10.2. The highest BCUT2D eigenvalue weighted by molar-refractivity contribution is 5.58. The first-order valence-electron chi connectivity index (χ1n) is 10.1. The fourth-order valence-electron chi connectivity index (χ4n) is 3.78. The minimum Gasteiger partial charge on any atom is -0.338 e. The zero-order valence-corrected chi connectivity index (χ0v) is 17.1. The van der Waals surface area contributed by atoms with E-state index in [0.29, 0.717) is 17.3 Å². The quantitative estimate of drug-likeness (QED) is 0.512. The van der Waals surface area contributed by atoms with Gasteiger partial charge in [-0.1, -0.05) is 30.3 Å². The molecule has 0 N–H and O–H groups in total. The summed E-state index contributed by atoms with van der Waals surface area (Å²) in [4.78, 5) is 18.3. The van der Waals surface area contributed by atoms with Crippen molar-refractivity contribution in [3.05, 3.63) is 59.7 Å². The molecule has 1 aliphatic heterocycles. The number of piperazine rings is 1. The van der Waals surface area contributed by atoms with Crippen LogP contribution in [0.5, 0.6) is 0 Å². The van der Waals surface area contributed by atoms with Crippen LogP contribution in [0.15, 0.2) is 42.6 Å². The average Bonchev–Trinajstić information content (AvgIpc) is 3.17. The second-order valence-electron chi connectivity index (χ2n) is 7.50. The van der Waals surface area contributed by atoms with E-state index in [1.54, 1.807) is 10.7 Å². The highest BCUT2D eigenvalue weighted by Gasteiger charge is 2.20. The van der Waals surface area contributed by atoms with Gasteiger partial charge in [0.2, 0.25) is 5.95 Å². The van der Waals surface area contributed by atoms with E-state index in [4.69, 9.17) is 4.98 Å². The van der Waals surface area contributed by atoms with Crippen molar-refractivity contribution >= 4 is 11.7 Å². The molecule has 0 aliphatic carbocycles. The first-order valence-corrected chi connectivity index (χ1v) is 10.1. The molecule has 1 fully saturated rings. The number of anilines is 1. The predicted molar refractivity (Wildman–Crippen MR) is 113 cm³/mol. The highest BCUT2D eigenvalue weighted by atomic mass is 15.4. The molecule has 0 saturated carbocycles. The first-order chi connectivity index (χ1) is 14.7. The SMILES string of the molecule is Cc1nc2nnc(-c3ccnc(N4CCN(Cc5ccccc5)CC4)n3)c(C)n2n1. The Morgan fingerprint density at radius 2 is 1.70 bits per heavy atom. The van der Waals surface area contributed by atoms with Gasteiger partial charge in [-0.15, -0.1) is 15.3 Å². The number of hydrogen-bond acceptors (Lipinski definition) is 8. The number of hydrogen-bond donors (Lipinski definition) is 0. The number of fused-ring (bicyclic) bond motifs is 1. The van der Waals surface area contributed by atoms with Gasteiger partial charge in [-0.2, -0.15) is 9.50 Å². The molecule has 1 aromatic carbocycles. The summed E-state index contributed by atoms with van der Waals surface area (Å²) in [5.41, 5.74) is 3.64. The van der Waals surface area contributed by atoms with Crippen molar-refractivity contribution < 1.29 is 0 Å². The van der Waals surface area contributed by atoms with Gasteiger partial charge in [0.15, 0.2) is 0 Å². The third-order valence-electron chi connectivity index (χ3n) is 5.39. The highest BCUT2D eigenvalue weighted by Crippen LogP contribution is 2.21. The van der Waals surface area contributed by atoms with Crippen LogP contribution in [0.25, 0.3) is 17.2 Å². The molecule has 0 atom stereocenters. The molecular formula is C21H23N9. The summed E-state index contributed by atoms with van der Waals surface area (Å²) in [6.07, 6.45) is 1.78. The Morgan fingerprint density at radius 1 is 0.900 bits per heavy atom. The Hall–Kier alpha value is -3.46. The summed E-state index contributed by atoms with van der Waals surface area (Å²) in [7, 11) is 0. The maximum absolute atomic E-state index is 4.78. The molecule has 152 valence electrons. The van der Waals surface area contributed by atoms with Crippen molar-refractivity contribution in [1.82, 2.24) is 39.7 Å². The molecular weight excluding hydrogens is 378 g/mol. The summed E-state index contributed by atoms with van der Waals surface area (Å²) in [6, 6.07) is 12.5. The second kappa shape index (κ2) is 7.75. The molecule has 0 amide bonds. The van der Waals surface area contributed by atoms with Crippen molar-refractivity contribution in [2.45, 2.75) is 20.4 Å². The van der Waals surface area contributed by atoms with Crippen LogP contribution in [0.2, 0.25) is 0 Å². The molecule has 9 heteroatoms. The van der Waals surface area contributed by atoms with Crippen molar-refractivity contribution in [3.8, 4) is 11.4 Å². The molecule has 3 aromatic heterocycles. The number of aromatic nitrogens is 7. The van der Waals surface area contributed by atoms with Crippen LogP contribution in [0.1, 0.15) is 17.1 Å². The van der Waals surface area contributed by atoms with Crippen LogP contribution in [0.3, 0.4) is 0 Å². The minimum atomic E-state index is 0.498. The van der Waals surface area contributed by atoms with E-state index in [1.165, 1.54) is 5.56 Å². The van der Waals surface area contributed by atoms with Gasteiger partial charge in [0.05, 0.1) is 11.4 Å². The van der Waals surface area contributed by atoms with Gasteiger partial charge in [-0.3, -0.25) is 4.90 Å². The summed E-state index contributed by atoms with van der Waals surface area (Å²) >= 11 is 0. The van der Waals surface area contributed by atoms with Crippen LogP contribution >= 0.6 is 0 Å². The lowest BCUT2D eigenvalue weighted by Crippen LogP contribution is -2.46. The molecule has 30 heavy (non-hydrogen) atoms. The molecule has 1 saturated heterocycles. The van der Waals surface area contributed by atoms with Crippen LogP contribution in [0.4, 0.5) is 5.95 Å². The number of rotatable bonds is 4. The third-order valence-corrected chi connectivity index (χ3v) is 5.39. The van der Waals surface area contributed by atoms with E-state index in [0.717, 1.165) is 50.1 Å². The van der Waals surface area contributed by atoms with E-state index >= 15 is 0 Å². The van der Waals surface area contributed by atoms with Crippen molar-refractivity contribution in [2.24, 2.45) is 0 Å². The standard InChI is InChI=1S/C21H23N9/c1-15-19(25-26-21-23-16(2)27-30(15)21)18-8-9-22-20(24-18)29-12-10-28(11-13-29)14-17-6-4-3-5-7-17/h3-9H,10-14H2,1-2H3. The van der Waals surface area contributed by atoms with E-state index < -0.39 is 0 Å². The number of aryl methyl sites for hydroxylation is 2.